The molecule has 1 N–H and O–H groups in total. The van der Waals surface area contributed by atoms with Crippen LogP contribution in [0.25, 0.3) is 27.9 Å². The van der Waals surface area contributed by atoms with Crippen LogP contribution in [0.2, 0.25) is 0 Å². The Bertz CT molecular complexity index is 1110. The molecule has 2 aromatic heterocycles. The van der Waals surface area contributed by atoms with Gasteiger partial charge in [-0.2, -0.15) is 0 Å². The van der Waals surface area contributed by atoms with Crippen LogP contribution >= 0.6 is 0 Å². The van der Waals surface area contributed by atoms with E-state index >= 15 is 0 Å². The number of hydrogen-bond acceptors (Lipinski definition) is 5. The summed E-state index contributed by atoms with van der Waals surface area (Å²) in [5.74, 6) is 1.58. The topological polar surface area (TPSA) is 58.4 Å². The minimum atomic E-state index is 0.770. The molecule has 0 spiro atoms. The normalized spacial score (nSPS) is 11.6. The number of aryl methyl sites for hydroxylation is 2. The third kappa shape index (κ3) is 3.24. The molecule has 0 aliphatic heterocycles. The summed E-state index contributed by atoms with van der Waals surface area (Å²) >= 11 is 0. The molecule has 6 nitrogen and oxygen atoms in total. The van der Waals surface area contributed by atoms with E-state index in [4.69, 9.17) is 4.98 Å². The van der Waals surface area contributed by atoms with Crippen molar-refractivity contribution in [3.05, 3.63) is 53.6 Å². The van der Waals surface area contributed by atoms with Crippen LogP contribution < -0.4 is 5.32 Å². The summed E-state index contributed by atoms with van der Waals surface area (Å²) < 4.78 is 2.04. The second-order valence-corrected chi connectivity index (χ2v) is 7.18. The van der Waals surface area contributed by atoms with Crippen molar-refractivity contribution in [3.8, 4) is 11.4 Å². The first-order valence-corrected chi connectivity index (χ1v) is 9.14. The molecule has 0 amide bonds. The number of nitrogens with one attached hydrogen (secondary N) is 1. The van der Waals surface area contributed by atoms with Crippen molar-refractivity contribution >= 4 is 22.5 Å². The Morgan fingerprint density at radius 3 is 2.63 bits per heavy atom. The summed E-state index contributed by atoms with van der Waals surface area (Å²) in [6, 6.07) is 14.5. The summed E-state index contributed by atoms with van der Waals surface area (Å²) in [5.41, 5.74) is 5.16. The zero-order valence-electron chi connectivity index (χ0n) is 16.2. The summed E-state index contributed by atoms with van der Waals surface area (Å²) in [7, 11) is 4.12. The maximum absolute atomic E-state index is 4.88. The highest BCUT2D eigenvalue weighted by atomic mass is 15.3. The molecule has 0 atom stereocenters. The van der Waals surface area contributed by atoms with Gasteiger partial charge in [-0.3, -0.25) is 0 Å². The van der Waals surface area contributed by atoms with Gasteiger partial charge in [0.2, 0.25) is 5.95 Å². The molecule has 0 saturated carbocycles. The molecule has 27 heavy (non-hydrogen) atoms. The Hall–Kier alpha value is -2.99. The van der Waals surface area contributed by atoms with E-state index in [-0.39, 0.29) is 0 Å². The van der Waals surface area contributed by atoms with Crippen molar-refractivity contribution < 1.29 is 0 Å². The monoisotopic (exact) mass is 360 g/mol. The van der Waals surface area contributed by atoms with Crippen molar-refractivity contribution in [2.45, 2.75) is 13.8 Å². The molecule has 4 rings (SSSR count). The van der Waals surface area contributed by atoms with E-state index in [1.807, 2.05) is 22.6 Å². The van der Waals surface area contributed by atoms with Gasteiger partial charge >= 0.3 is 0 Å². The number of nitrogens with zero attached hydrogens (tertiary/aromatic N) is 5. The third-order valence-corrected chi connectivity index (χ3v) is 4.72. The van der Waals surface area contributed by atoms with Crippen molar-refractivity contribution in [1.29, 1.82) is 0 Å². The Labute approximate surface area is 158 Å². The number of hydrogen-bond donors (Lipinski definition) is 1. The minimum absolute atomic E-state index is 0.770. The zero-order valence-corrected chi connectivity index (χ0v) is 16.2. The molecule has 0 radical (unpaired) electrons. The Morgan fingerprint density at radius 2 is 1.85 bits per heavy atom. The number of benzene rings is 2. The molecule has 2 heterocycles. The first-order valence-electron chi connectivity index (χ1n) is 9.14. The zero-order chi connectivity index (χ0) is 19.0. The SMILES string of the molecule is Cc1ccc2nc(NCCN(C)C)n3c(-c4ccccc4C)nnc3c2c1. The molecule has 0 saturated heterocycles. The van der Waals surface area contributed by atoms with Gasteiger partial charge in [-0.15, -0.1) is 10.2 Å². The van der Waals surface area contributed by atoms with Gasteiger partial charge in [-0.05, 0) is 45.6 Å². The highest BCUT2D eigenvalue weighted by Crippen LogP contribution is 2.28. The van der Waals surface area contributed by atoms with Crippen molar-refractivity contribution in [2.24, 2.45) is 0 Å². The summed E-state index contributed by atoms with van der Waals surface area (Å²) in [6.45, 7) is 5.88. The van der Waals surface area contributed by atoms with E-state index in [1.54, 1.807) is 0 Å². The van der Waals surface area contributed by atoms with Crippen LogP contribution in [0.15, 0.2) is 42.5 Å². The average molecular weight is 360 g/mol. The Morgan fingerprint density at radius 1 is 1.04 bits per heavy atom. The predicted octanol–water partition coefficient (Wildman–Crippen LogP) is 3.53. The van der Waals surface area contributed by atoms with Crippen LogP contribution in [0.3, 0.4) is 0 Å². The fraction of sp³-hybridized carbons (Fsp3) is 0.286. The second kappa shape index (κ2) is 6.96. The van der Waals surface area contributed by atoms with Gasteiger partial charge in [-0.1, -0.05) is 35.9 Å². The molecule has 6 heteroatoms. The first kappa shape index (κ1) is 17.4. The fourth-order valence-electron chi connectivity index (χ4n) is 3.26. The van der Waals surface area contributed by atoms with E-state index in [2.05, 4.69) is 72.6 Å². The molecule has 138 valence electrons. The van der Waals surface area contributed by atoms with Gasteiger partial charge in [0, 0.05) is 24.0 Å². The van der Waals surface area contributed by atoms with Crippen LogP contribution in [-0.2, 0) is 0 Å². The number of likely N-dealkylation sites (N-methyl/N-ethyl adjacent to an activating group) is 1. The molecular formula is C21H24N6. The van der Waals surface area contributed by atoms with Gasteiger partial charge in [-0.25, -0.2) is 9.38 Å². The van der Waals surface area contributed by atoms with Gasteiger partial charge in [0.15, 0.2) is 11.5 Å². The van der Waals surface area contributed by atoms with E-state index in [0.717, 1.165) is 52.5 Å². The lowest BCUT2D eigenvalue weighted by Gasteiger charge is -2.14. The van der Waals surface area contributed by atoms with Gasteiger partial charge in [0.05, 0.1) is 5.52 Å². The van der Waals surface area contributed by atoms with Crippen LogP contribution in [0.5, 0.6) is 0 Å². The third-order valence-electron chi connectivity index (χ3n) is 4.72. The highest BCUT2D eigenvalue weighted by molar-refractivity contribution is 5.93. The largest absolute Gasteiger partial charge is 0.354 e. The lowest BCUT2D eigenvalue weighted by Crippen LogP contribution is -2.22. The van der Waals surface area contributed by atoms with Gasteiger partial charge in [0.1, 0.15) is 0 Å². The number of rotatable bonds is 5. The quantitative estimate of drug-likeness (QED) is 0.590. The molecule has 0 aliphatic rings. The summed E-state index contributed by atoms with van der Waals surface area (Å²) in [4.78, 5) is 7.02. The molecule has 4 aromatic rings. The van der Waals surface area contributed by atoms with E-state index in [1.165, 1.54) is 5.56 Å². The van der Waals surface area contributed by atoms with Gasteiger partial charge in [0.25, 0.3) is 0 Å². The highest BCUT2D eigenvalue weighted by Gasteiger charge is 2.17. The molecule has 2 aromatic carbocycles. The number of fused-ring (bicyclic) bond motifs is 3. The average Bonchev–Trinajstić information content (AvgIpc) is 3.07. The van der Waals surface area contributed by atoms with Crippen LogP contribution in [0.4, 0.5) is 5.95 Å². The molecule has 0 aliphatic carbocycles. The molecule has 0 bridgehead atoms. The first-order chi connectivity index (χ1) is 13.0. The van der Waals surface area contributed by atoms with Crippen molar-refractivity contribution in [3.63, 3.8) is 0 Å². The van der Waals surface area contributed by atoms with Crippen molar-refractivity contribution in [2.75, 3.05) is 32.5 Å². The van der Waals surface area contributed by atoms with E-state index in [0.29, 0.717) is 0 Å². The van der Waals surface area contributed by atoms with Crippen LogP contribution in [0.1, 0.15) is 11.1 Å². The molecule has 0 fully saturated rings. The Kier molecular flexibility index (Phi) is 4.49. The maximum Gasteiger partial charge on any atom is 0.211 e. The van der Waals surface area contributed by atoms with Crippen molar-refractivity contribution in [1.82, 2.24) is 24.5 Å². The number of anilines is 1. The fourth-order valence-corrected chi connectivity index (χ4v) is 3.26. The van der Waals surface area contributed by atoms with Gasteiger partial charge < -0.3 is 10.2 Å². The van der Waals surface area contributed by atoms with Crippen LogP contribution in [-0.4, -0.2) is 51.7 Å². The standard InChI is InChI=1S/C21H24N6/c1-14-9-10-18-17(13-14)20-25-24-19(16-8-6-5-7-15(16)2)27(20)21(23-18)22-11-12-26(3)4/h5-10,13H,11-12H2,1-4H3,(H,22,23). The van der Waals surface area contributed by atoms with E-state index < -0.39 is 0 Å². The lowest BCUT2D eigenvalue weighted by molar-refractivity contribution is 0.425. The lowest BCUT2D eigenvalue weighted by atomic mass is 10.1. The van der Waals surface area contributed by atoms with E-state index in [9.17, 15) is 0 Å². The smallest absolute Gasteiger partial charge is 0.211 e. The predicted molar refractivity (Wildman–Crippen MR) is 110 cm³/mol. The number of aromatic nitrogens is 4. The minimum Gasteiger partial charge on any atom is -0.354 e. The molecule has 0 unspecified atom stereocenters. The molecular weight excluding hydrogens is 336 g/mol. The van der Waals surface area contributed by atoms with Crippen LogP contribution in [0, 0.1) is 13.8 Å². The Balaban J connectivity index is 1.96. The summed E-state index contributed by atoms with van der Waals surface area (Å²) in [5, 5.41) is 13.6. The second-order valence-electron chi connectivity index (χ2n) is 7.18. The summed E-state index contributed by atoms with van der Waals surface area (Å²) in [6.07, 6.45) is 0. The maximum atomic E-state index is 4.88.